The summed E-state index contributed by atoms with van der Waals surface area (Å²) in [6, 6.07) is 18.9. The monoisotopic (exact) mass is 202 g/mol. The summed E-state index contributed by atoms with van der Waals surface area (Å²) in [6.45, 7) is 0. The van der Waals surface area contributed by atoms with E-state index in [-0.39, 0.29) is 0 Å². The van der Waals surface area contributed by atoms with Crippen LogP contribution < -0.4 is 0 Å². The lowest BCUT2D eigenvalue weighted by atomic mass is 10.2. The molecule has 14 heavy (non-hydrogen) atoms. The van der Waals surface area contributed by atoms with Gasteiger partial charge in [0.05, 0.1) is 0 Å². The van der Waals surface area contributed by atoms with Gasteiger partial charge in [-0.1, -0.05) is 48.5 Å². The minimum absolute atomic E-state index is 0.698. The molecular formula is C13H12S. The van der Waals surface area contributed by atoms with Gasteiger partial charge in [0.15, 0.2) is 0 Å². The van der Waals surface area contributed by atoms with Crippen LogP contribution in [-0.2, 0) is 5.70 Å². The van der Waals surface area contributed by atoms with Crippen molar-refractivity contribution in [1.29, 1.82) is 0 Å². The molecule has 0 spiro atoms. The molecule has 0 heterocycles. The molecule has 0 saturated carbocycles. The zero-order valence-corrected chi connectivity index (χ0v) is 8.50. The molecular weight excluding hydrogens is 188 g/mol. The van der Waals surface area contributed by atoms with Gasteiger partial charge < -0.3 is 0 Å². The molecule has 0 fully saturated rings. The molecule has 0 aliphatic rings. The van der Waals surface area contributed by atoms with Gasteiger partial charge >= 0.3 is 0 Å². The predicted octanol–water partition coefficient (Wildman–Crippen LogP) is 3.98. The Labute approximate surface area is 91.8 Å². The van der Waals surface area contributed by atoms with Crippen molar-refractivity contribution in [3.05, 3.63) is 66.2 Å². The molecule has 0 saturated heterocycles. The molecule has 2 aromatic carbocycles. The average Bonchev–Trinajstić information content (AvgIpc) is 2.31. The summed E-state index contributed by atoms with van der Waals surface area (Å²) in [5.74, 6) is 0. The first kappa shape index (κ1) is 7.13. The number of benzene rings is 2. The van der Waals surface area contributed by atoms with E-state index in [9.17, 15) is 0 Å². The van der Waals surface area contributed by atoms with Crippen molar-refractivity contribution < 1.29 is 2.74 Å². The van der Waals surface area contributed by atoms with Crippen LogP contribution >= 0.6 is 11.8 Å². The summed E-state index contributed by atoms with van der Waals surface area (Å²) >= 11 is 1.23. The second-order valence-electron chi connectivity index (χ2n) is 2.88. The van der Waals surface area contributed by atoms with E-state index in [1.165, 1.54) is 11.8 Å². The molecule has 0 bridgehead atoms. The highest BCUT2D eigenvalue weighted by Crippen LogP contribution is 2.21. The largest absolute Gasteiger partial charge is 0.121 e. The molecule has 0 aliphatic heterocycles. The maximum absolute atomic E-state index is 8.03. The van der Waals surface area contributed by atoms with Crippen LogP contribution in [0.1, 0.15) is 8.30 Å². The van der Waals surface area contributed by atoms with Gasteiger partial charge in [-0.3, -0.25) is 0 Å². The second kappa shape index (κ2) is 4.87. The third-order valence-electron chi connectivity index (χ3n) is 1.80. The molecule has 1 heteroatoms. The summed E-state index contributed by atoms with van der Waals surface area (Å²) in [5.41, 5.74) is -0.688. The maximum atomic E-state index is 8.03. The summed E-state index contributed by atoms with van der Waals surface area (Å²) in [4.78, 5) is 0.941. The Morgan fingerprint density at radius 3 is 2.07 bits per heavy atom. The fourth-order valence-corrected chi connectivity index (χ4v) is 1.78. The van der Waals surface area contributed by atoms with Gasteiger partial charge in [-0.15, -0.1) is 11.8 Å². The molecule has 0 atom stereocenters. The van der Waals surface area contributed by atoms with Gasteiger partial charge in [-0.05, 0) is 17.7 Å². The van der Waals surface area contributed by atoms with Crippen molar-refractivity contribution in [3.8, 4) is 0 Å². The van der Waals surface area contributed by atoms with Crippen molar-refractivity contribution >= 4 is 11.8 Å². The maximum Gasteiger partial charge on any atom is 0.0434 e. The topological polar surface area (TPSA) is 0 Å². The van der Waals surface area contributed by atoms with E-state index in [0.29, 0.717) is 5.56 Å². The fraction of sp³-hybridized carbons (Fsp3) is 0.0769. The molecule has 0 nitrogen and oxygen atoms in total. The van der Waals surface area contributed by atoms with Crippen molar-refractivity contribution in [1.82, 2.24) is 0 Å². The van der Waals surface area contributed by atoms with Crippen molar-refractivity contribution in [2.75, 3.05) is 0 Å². The molecule has 2 rings (SSSR count). The molecule has 70 valence electrons. The zero-order chi connectivity index (χ0) is 11.4. The van der Waals surface area contributed by atoms with Gasteiger partial charge in [0, 0.05) is 13.3 Å². The molecule has 0 unspecified atom stereocenters. The van der Waals surface area contributed by atoms with Crippen molar-refractivity contribution in [2.24, 2.45) is 0 Å². The van der Waals surface area contributed by atoms with E-state index < -0.39 is 5.70 Å². The highest BCUT2D eigenvalue weighted by Gasteiger charge is 1.93. The van der Waals surface area contributed by atoms with Gasteiger partial charge in [-0.25, -0.2) is 0 Å². The first-order chi connectivity index (χ1) is 7.68. The van der Waals surface area contributed by atoms with E-state index in [4.69, 9.17) is 2.74 Å². The van der Waals surface area contributed by atoms with E-state index in [1.54, 1.807) is 0 Å². The van der Waals surface area contributed by atoms with Crippen LogP contribution in [0.15, 0.2) is 65.6 Å². The first-order valence-corrected chi connectivity index (χ1v) is 5.30. The number of hydrogen-bond donors (Lipinski definition) is 0. The molecule has 0 radical (unpaired) electrons. The van der Waals surface area contributed by atoms with E-state index in [0.717, 1.165) is 4.90 Å². The highest BCUT2D eigenvalue weighted by molar-refractivity contribution is 7.98. The fourth-order valence-electron chi connectivity index (χ4n) is 1.11. The van der Waals surface area contributed by atoms with Crippen LogP contribution in [0.3, 0.4) is 0 Å². The zero-order valence-electron chi connectivity index (χ0n) is 9.68. The summed E-state index contributed by atoms with van der Waals surface area (Å²) in [5, 5.41) is 0. The molecule has 2 aromatic rings. The lowest BCUT2D eigenvalue weighted by Gasteiger charge is -2.00. The Hall–Kier alpha value is -1.21. The normalized spacial score (nSPS) is 13.1. The third-order valence-corrected chi connectivity index (χ3v) is 2.65. The van der Waals surface area contributed by atoms with Crippen LogP contribution in [0, 0.1) is 0 Å². The Bertz CT molecular complexity index is 440. The van der Waals surface area contributed by atoms with E-state index in [1.807, 2.05) is 60.7 Å². The Morgan fingerprint density at radius 2 is 1.43 bits per heavy atom. The van der Waals surface area contributed by atoms with E-state index >= 15 is 0 Å². The standard InChI is InChI=1S/C13H12S/c1-3-7-12(8-4-1)11-14-13-9-5-2-6-10-13/h1-10H,11H2/i11D2. The van der Waals surface area contributed by atoms with Crippen LogP contribution in [0.4, 0.5) is 0 Å². The van der Waals surface area contributed by atoms with Gasteiger partial charge in [0.25, 0.3) is 0 Å². The molecule has 0 aliphatic carbocycles. The van der Waals surface area contributed by atoms with Crippen LogP contribution in [-0.4, -0.2) is 0 Å². The van der Waals surface area contributed by atoms with Crippen molar-refractivity contribution in [2.45, 2.75) is 10.6 Å². The minimum Gasteiger partial charge on any atom is -0.121 e. The van der Waals surface area contributed by atoms with Crippen LogP contribution in [0.2, 0.25) is 0 Å². The smallest absolute Gasteiger partial charge is 0.0434 e. The van der Waals surface area contributed by atoms with Gasteiger partial charge in [0.1, 0.15) is 0 Å². The lowest BCUT2D eigenvalue weighted by molar-refractivity contribution is 1.38. The van der Waals surface area contributed by atoms with Crippen molar-refractivity contribution in [3.63, 3.8) is 0 Å². The predicted molar refractivity (Wildman–Crippen MR) is 62.4 cm³/mol. The highest BCUT2D eigenvalue weighted by atomic mass is 32.2. The molecule has 0 N–H and O–H groups in total. The Balaban J connectivity index is 2.21. The Kier molecular flexibility index (Phi) is 2.48. The Morgan fingerprint density at radius 1 is 0.857 bits per heavy atom. The average molecular weight is 202 g/mol. The van der Waals surface area contributed by atoms with Gasteiger partial charge in [0.2, 0.25) is 0 Å². The summed E-state index contributed by atoms with van der Waals surface area (Å²) in [7, 11) is 0. The molecule has 0 amide bonds. The van der Waals surface area contributed by atoms with Crippen LogP contribution in [0.5, 0.6) is 0 Å². The summed E-state index contributed by atoms with van der Waals surface area (Å²) in [6.07, 6.45) is 0. The van der Waals surface area contributed by atoms with Gasteiger partial charge in [-0.2, -0.15) is 0 Å². The SMILES string of the molecule is [2H]C([2H])(Sc1ccccc1)c1ccccc1. The first-order valence-electron chi connectivity index (χ1n) is 5.48. The lowest BCUT2D eigenvalue weighted by Crippen LogP contribution is -1.78. The third kappa shape index (κ3) is 2.64. The minimum atomic E-state index is -1.39. The summed E-state index contributed by atoms with van der Waals surface area (Å²) < 4.78 is 16.1. The quantitative estimate of drug-likeness (QED) is 0.678. The van der Waals surface area contributed by atoms with Crippen LogP contribution in [0.25, 0.3) is 0 Å². The number of hydrogen-bond acceptors (Lipinski definition) is 1. The second-order valence-corrected chi connectivity index (χ2v) is 3.76. The molecule has 0 aromatic heterocycles. The number of rotatable bonds is 3. The van der Waals surface area contributed by atoms with E-state index in [2.05, 4.69) is 0 Å². The number of thioether (sulfide) groups is 1.